The molecule has 3 nitrogen and oxygen atoms in total. The van der Waals surface area contributed by atoms with Crippen molar-refractivity contribution in [3.8, 4) is 5.75 Å². The van der Waals surface area contributed by atoms with Crippen LogP contribution in [0.25, 0.3) is 0 Å². The second kappa shape index (κ2) is 7.30. The van der Waals surface area contributed by atoms with Gasteiger partial charge in [0.2, 0.25) is 0 Å². The van der Waals surface area contributed by atoms with Crippen LogP contribution in [0, 0.1) is 5.92 Å². The molecule has 1 N–H and O–H groups in total. The normalized spacial score (nSPS) is 23.8. The van der Waals surface area contributed by atoms with Crippen molar-refractivity contribution >= 4 is 11.6 Å². The molecule has 2 rings (SSSR count). The Hall–Kier alpha value is -0.770. The zero-order valence-corrected chi connectivity index (χ0v) is 13.2. The van der Waals surface area contributed by atoms with E-state index in [2.05, 4.69) is 25.2 Å². The summed E-state index contributed by atoms with van der Waals surface area (Å²) in [5, 5.41) is 4.31. The number of hydrogen-bond donors (Lipinski definition) is 1. The molecule has 3 unspecified atom stereocenters. The summed E-state index contributed by atoms with van der Waals surface area (Å²) in [7, 11) is 1.64. The molecule has 0 spiro atoms. The van der Waals surface area contributed by atoms with Gasteiger partial charge >= 0.3 is 0 Å². The first kappa shape index (κ1) is 15.6. The molecule has 0 saturated carbocycles. The molecule has 0 aromatic heterocycles. The fourth-order valence-electron chi connectivity index (χ4n) is 2.88. The van der Waals surface area contributed by atoms with Crippen molar-refractivity contribution in [1.82, 2.24) is 5.32 Å². The Balaban J connectivity index is 2.23. The summed E-state index contributed by atoms with van der Waals surface area (Å²) in [6.07, 6.45) is 2.49. The molecule has 4 heteroatoms. The van der Waals surface area contributed by atoms with E-state index in [1.54, 1.807) is 7.11 Å². The number of ether oxygens (including phenoxy) is 2. The van der Waals surface area contributed by atoms with E-state index in [9.17, 15) is 0 Å². The van der Waals surface area contributed by atoms with Crippen molar-refractivity contribution in [2.75, 3.05) is 20.3 Å². The van der Waals surface area contributed by atoms with Gasteiger partial charge in [0.1, 0.15) is 5.75 Å². The number of halogens is 1. The Morgan fingerprint density at radius 3 is 2.85 bits per heavy atom. The number of nitrogens with one attached hydrogen (secondary N) is 1. The van der Waals surface area contributed by atoms with E-state index in [1.807, 2.05) is 12.1 Å². The molecule has 1 aromatic carbocycles. The molecular formula is C16H24ClNO2. The van der Waals surface area contributed by atoms with Gasteiger partial charge in [0, 0.05) is 18.6 Å². The maximum Gasteiger partial charge on any atom is 0.137 e. The molecular weight excluding hydrogens is 274 g/mol. The number of rotatable bonds is 6. The highest BCUT2D eigenvalue weighted by Crippen LogP contribution is 2.36. The Morgan fingerprint density at radius 2 is 2.30 bits per heavy atom. The van der Waals surface area contributed by atoms with Crippen molar-refractivity contribution in [3.63, 3.8) is 0 Å². The van der Waals surface area contributed by atoms with Crippen LogP contribution in [0.5, 0.6) is 5.75 Å². The molecule has 0 amide bonds. The van der Waals surface area contributed by atoms with Gasteiger partial charge in [-0.25, -0.2) is 0 Å². The van der Waals surface area contributed by atoms with E-state index in [4.69, 9.17) is 21.1 Å². The van der Waals surface area contributed by atoms with E-state index in [0.29, 0.717) is 10.9 Å². The van der Waals surface area contributed by atoms with E-state index < -0.39 is 0 Å². The van der Waals surface area contributed by atoms with E-state index in [1.165, 1.54) is 5.56 Å². The smallest absolute Gasteiger partial charge is 0.137 e. The lowest BCUT2D eigenvalue weighted by molar-refractivity contribution is 0.0954. The zero-order chi connectivity index (χ0) is 14.5. The first-order valence-electron chi connectivity index (χ1n) is 7.35. The van der Waals surface area contributed by atoms with Gasteiger partial charge in [-0.15, -0.1) is 0 Å². The van der Waals surface area contributed by atoms with Gasteiger partial charge in [-0.1, -0.05) is 24.6 Å². The number of hydrogen-bond acceptors (Lipinski definition) is 3. The largest absolute Gasteiger partial charge is 0.495 e. The molecule has 0 radical (unpaired) electrons. The van der Waals surface area contributed by atoms with Crippen LogP contribution in [0.2, 0.25) is 5.02 Å². The molecule has 3 atom stereocenters. The highest BCUT2D eigenvalue weighted by molar-refractivity contribution is 6.32. The minimum Gasteiger partial charge on any atom is -0.495 e. The van der Waals surface area contributed by atoms with E-state index in [0.717, 1.165) is 31.7 Å². The first-order chi connectivity index (χ1) is 9.67. The average molecular weight is 298 g/mol. The topological polar surface area (TPSA) is 30.5 Å². The van der Waals surface area contributed by atoms with Crippen LogP contribution in [0.3, 0.4) is 0 Å². The molecule has 1 aliphatic heterocycles. The molecule has 112 valence electrons. The first-order valence-corrected chi connectivity index (χ1v) is 7.73. The maximum atomic E-state index is 6.27. The second-order valence-electron chi connectivity index (χ2n) is 5.35. The summed E-state index contributed by atoms with van der Waals surface area (Å²) in [5.41, 5.74) is 1.21. The average Bonchev–Trinajstić information content (AvgIpc) is 2.86. The standard InChI is InChI=1S/C16H24ClNO2/c1-4-8-18-16(13-7-9-20-11(13)2)12-5-6-15(19-3)14(17)10-12/h5-6,10-11,13,16,18H,4,7-9H2,1-3H3. The Kier molecular flexibility index (Phi) is 5.70. The van der Waals surface area contributed by atoms with Crippen molar-refractivity contribution < 1.29 is 9.47 Å². The van der Waals surface area contributed by atoms with E-state index in [-0.39, 0.29) is 12.1 Å². The quantitative estimate of drug-likeness (QED) is 0.866. The minimum atomic E-state index is 0.283. The van der Waals surface area contributed by atoms with Crippen LogP contribution in [0.4, 0.5) is 0 Å². The second-order valence-corrected chi connectivity index (χ2v) is 5.76. The molecule has 1 aromatic rings. The van der Waals surface area contributed by atoms with Crippen LogP contribution < -0.4 is 10.1 Å². The summed E-state index contributed by atoms with van der Waals surface area (Å²) < 4.78 is 11.0. The van der Waals surface area contributed by atoms with Crippen molar-refractivity contribution in [1.29, 1.82) is 0 Å². The number of benzene rings is 1. The SMILES string of the molecule is CCCNC(c1ccc(OC)c(Cl)c1)C1CCOC1C. The lowest BCUT2D eigenvalue weighted by atomic mass is 9.88. The summed E-state index contributed by atoms with van der Waals surface area (Å²) in [4.78, 5) is 0. The predicted molar refractivity (Wildman–Crippen MR) is 82.6 cm³/mol. The summed E-state index contributed by atoms with van der Waals surface area (Å²) >= 11 is 6.27. The van der Waals surface area contributed by atoms with Gasteiger partial charge in [0.15, 0.2) is 0 Å². The highest BCUT2D eigenvalue weighted by atomic mass is 35.5. The molecule has 1 heterocycles. The monoisotopic (exact) mass is 297 g/mol. The van der Waals surface area contributed by atoms with Crippen LogP contribution in [-0.4, -0.2) is 26.4 Å². The van der Waals surface area contributed by atoms with Crippen LogP contribution in [0.1, 0.15) is 38.3 Å². The van der Waals surface area contributed by atoms with Crippen molar-refractivity contribution in [2.45, 2.75) is 38.8 Å². The Bertz CT molecular complexity index is 438. The summed E-state index contributed by atoms with van der Waals surface area (Å²) in [6.45, 7) is 6.18. The third kappa shape index (κ3) is 3.46. The van der Waals surface area contributed by atoms with Crippen LogP contribution in [0.15, 0.2) is 18.2 Å². The Morgan fingerprint density at radius 1 is 1.50 bits per heavy atom. The van der Waals surface area contributed by atoms with Gasteiger partial charge in [-0.3, -0.25) is 0 Å². The Labute approximate surface area is 126 Å². The van der Waals surface area contributed by atoms with Gasteiger partial charge in [0.05, 0.1) is 18.2 Å². The molecule has 1 aliphatic rings. The van der Waals surface area contributed by atoms with Gasteiger partial charge in [0.25, 0.3) is 0 Å². The van der Waals surface area contributed by atoms with E-state index >= 15 is 0 Å². The lowest BCUT2D eigenvalue weighted by Gasteiger charge is -2.27. The van der Waals surface area contributed by atoms with Crippen molar-refractivity contribution in [3.05, 3.63) is 28.8 Å². The van der Waals surface area contributed by atoms with Crippen LogP contribution >= 0.6 is 11.6 Å². The number of methoxy groups -OCH3 is 1. The van der Waals surface area contributed by atoms with Gasteiger partial charge in [-0.2, -0.15) is 0 Å². The lowest BCUT2D eigenvalue weighted by Crippen LogP contribution is -2.32. The van der Waals surface area contributed by atoms with Gasteiger partial charge < -0.3 is 14.8 Å². The minimum absolute atomic E-state index is 0.283. The fraction of sp³-hybridized carbons (Fsp3) is 0.625. The molecule has 1 saturated heterocycles. The molecule has 0 bridgehead atoms. The van der Waals surface area contributed by atoms with Crippen LogP contribution in [-0.2, 0) is 4.74 Å². The predicted octanol–water partition coefficient (Wildman–Crippen LogP) is 3.81. The zero-order valence-electron chi connectivity index (χ0n) is 12.5. The fourth-order valence-corrected chi connectivity index (χ4v) is 3.14. The highest BCUT2D eigenvalue weighted by Gasteiger charge is 2.32. The van der Waals surface area contributed by atoms with Gasteiger partial charge in [-0.05, 0) is 44.0 Å². The molecule has 20 heavy (non-hydrogen) atoms. The third-order valence-electron chi connectivity index (χ3n) is 4.01. The third-order valence-corrected chi connectivity index (χ3v) is 4.31. The molecule has 0 aliphatic carbocycles. The maximum absolute atomic E-state index is 6.27. The summed E-state index contributed by atoms with van der Waals surface area (Å²) in [6, 6.07) is 6.34. The molecule has 1 fully saturated rings. The summed E-state index contributed by atoms with van der Waals surface area (Å²) in [5.74, 6) is 1.21. The van der Waals surface area contributed by atoms with Crippen molar-refractivity contribution in [2.24, 2.45) is 5.92 Å².